The van der Waals surface area contributed by atoms with Crippen LogP contribution in [0.1, 0.15) is 38.5 Å². The first-order chi connectivity index (χ1) is 4.93. The van der Waals surface area contributed by atoms with Crippen LogP contribution in [0.5, 0.6) is 0 Å². The Morgan fingerprint density at radius 2 is 1.70 bits per heavy atom. The Labute approximate surface area is 62.1 Å². The molecule has 1 nitrogen and oxygen atoms in total. The van der Waals surface area contributed by atoms with Gasteiger partial charge in [0.15, 0.2) is 0 Å². The van der Waals surface area contributed by atoms with Crippen molar-refractivity contribution in [3.63, 3.8) is 0 Å². The lowest BCUT2D eigenvalue weighted by Crippen LogP contribution is -1.92. The molecular formula is C9H14O. The van der Waals surface area contributed by atoms with Crippen molar-refractivity contribution in [1.29, 1.82) is 0 Å². The highest BCUT2D eigenvalue weighted by Gasteiger charge is 2.08. The fourth-order valence-corrected chi connectivity index (χ4v) is 1.57. The van der Waals surface area contributed by atoms with E-state index in [9.17, 15) is 4.79 Å². The molecule has 1 heteroatoms. The van der Waals surface area contributed by atoms with E-state index in [-0.39, 0.29) is 0 Å². The van der Waals surface area contributed by atoms with Crippen molar-refractivity contribution in [2.45, 2.75) is 38.5 Å². The van der Waals surface area contributed by atoms with Gasteiger partial charge in [0.05, 0.1) is 0 Å². The monoisotopic (exact) mass is 138 g/mol. The molecule has 0 aromatic rings. The standard InChI is InChI=1S/C9H14O/c10-8-7-9-5-3-1-2-4-6-9/h7,9H,1-6H2. The molecule has 1 rings (SSSR count). The summed E-state index contributed by atoms with van der Waals surface area (Å²) in [6, 6.07) is 0. The van der Waals surface area contributed by atoms with Gasteiger partial charge in [-0.2, -0.15) is 0 Å². The van der Waals surface area contributed by atoms with Crippen molar-refractivity contribution >= 4 is 5.94 Å². The first kappa shape index (κ1) is 7.56. The molecule has 0 bridgehead atoms. The van der Waals surface area contributed by atoms with Crippen LogP contribution in [0.25, 0.3) is 0 Å². The van der Waals surface area contributed by atoms with Crippen molar-refractivity contribution in [3.8, 4) is 0 Å². The lowest BCUT2D eigenvalue weighted by Gasteiger charge is -2.03. The van der Waals surface area contributed by atoms with Gasteiger partial charge in [0, 0.05) is 6.08 Å². The van der Waals surface area contributed by atoms with Crippen LogP contribution in [-0.4, -0.2) is 5.94 Å². The molecule has 0 spiro atoms. The van der Waals surface area contributed by atoms with Crippen LogP contribution < -0.4 is 0 Å². The molecule has 0 radical (unpaired) electrons. The average molecular weight is 138 g/mol. The van der Waals surface area contributed by atoms with Crippen molar-refractivity contribution in [2.24, 2.45) is 5.92 Å². The highest BCUT2D eigenvalue weighted by molar-refractivity contribution is 5.45. The Kier molecular flexibility index (Phi) is 3.25. The molecule has 0 aromatic heterocycles. The van der Waals surface area contributed by atoms with Crippen molar-refractivity contribution in [2.75, 3.05) is 0 Å². The van der Waals surface area contributed by atoms with E-state index in [0.29, 0.717) is 5.92 Å². The molecule has 0 aliphatic heterocycles. The Bertz CT molecular complexity index is 126. The summed E-state index contributed by atoms with van der Waals surface area (Å²) in [7, 11) is 0. The zero-order valence-corrected chi connectivity index (χ0v) is 6.31. The van der Waals surface area contributed by atoms with Gasteiger partial charge < -0.3 is 0 Å². The quantitative estimate of drug-likeness (QED) is 0.401. The second-order valence-corrected chi connectivity index (χ2v) is 3.04. The number of carbonyl (C=O) groups excluding carboxylic acids is 1. The minimum absolute atomic E-state index is 0.542. The summed E-state index contributed by atoms with van der Waals surface area (Å²) < 4.78 is 0. The van der Waals surface area contributed by atoms with Crippen molar-refractivity contribution < 1.29 is 4.79 Å². The second-order valence-electron chi connectivity index (χ2n) is 3.04. The van der Waals surface area contributed by atoms with Crippen LogP contribution in [0.15, 0.2) is 6.08 Å². The van der Waals surface area contributed by atoms with Gasteiger partial charge in [-0.1, -0.05) is 25.7 Å². The Balaban J connectivity index is 2.34. The maximum atomic E-state index is 10.0. The summed E-state index contributed by atoms with van der Waals surface area (Å²) in [4.78, 5) is 10.0. The SMILES string of the molecule is O=C=CC1CCCCCC1. The van der Waals surface area contributed by atoms with Crippen LogP contribution in [-0.2, 0) is 4.79 Å². The van der Waals surface area contributed by atoms with E-state index in [2.05, 4.69) is 0 Å². The number of hydrogen-bond donors (Lipinski definition) is 0. The van der Waals surface area contributed by atoms with Gasteiger partial charge >= 0.3 is 0 Å². The summed E-state index contributed by atoms with van der Waals surface area (Å²) in [6.07, 6.45) is 9.40. The third-order valence-corrected chi connectivity index (χ3v) is 2.20. The first-order valence-electron chi connectivity index (χ1n) is 4.14. The zero-order valence-electron chi connectivity index (χ0n) is 6.31. The topological polar surface area (TPSA) is 17.1 Å². The van der Waals surface area contributed by atoms with Crippen LogP contribution in [0.2, 0.25) is 0 Å². The normalized spacial score (nSPS) is 21.2. The summed E-state index contributed by atoms with van der Waals surface area (Å²) in [5.74, 6) is 2.43. The molecule has 10 heavy (non-hydrogen) atoms. The minimum atomic E-state index is 0.542. The minimum Gasteiger partial charge on any atom is -0.234 e. The second kappa shape index (κ2) is 4.29. The average Bonchev–Trinajstić information content (AvgIpc) is 2.17. The van der Waals surface area contributed by atoms with Crippen LogP contribution in [0, 0.1) is 5.92 Å². The highest BCUT2D eigenvalue weighted by Crippen LogP contribution is 2.22. The molecule has 0 heterocycles. The number of hydrogen-bond acceptors (Lipinski definition) is 1. The molecule has 56 valence electrons. The molecule has 1 saturated carbocycles. The van der Waals surface area contributed by atoms with Gasteiger partial charge in [0.25, 0.3) is 0 Å². The molecular weight excluding hydrogens is 124 g/mol. The Hall–Kier alpha value is -0.550. The molecule has 1 aliphatic rings. The fraction of sp³-hybridized carbons (Fsp3) is 0.778. The number of allylic oxidation sites excluding steroid dienone is 1. The van der Waals surface area contributed by atoms with Crippen LogP contribution in [0.4, 0.5) is 0 Å². The maximum Gasteiger partial charge on any atom is 0.120 e. The molecule has 0 unspecified atom stereocenters. The van der Waals surface area contributed by atoms with E-state index in [1.54, 1.807) is 6.08 Å². The third kappa shape index (κ3) is 2.36. The van der Waals surface area contributed by atoms with Gasteiger partial charge in [-0.05, 0) is 18.8 Å². The lowest BCUT2D eigenvalue weighted by atomic mass is 10.0. The van der Waals surface area contributed by atoms with E-state index >= 15 is 0 Å². The summed E-state index contributed by atoms with van der Waals surface area (Å²) >= 11 is 0. The molecule has 0 aromatic carbocycles. The fourth-order valence-electron chi connectivity index (χ4n) is 1.57. The van der Waals surface area contributed by atoms with Crippen molar-refractivity contribution in [3.05, 3.63) is 6.08 Å². The van der Waals surface area contributed by atoms with E-state index < -0.39 is 0 Å². The van der Waals surface area contributed by atoms with E-state index in [1.807, 2.05) is 5.94 Å². The molecule has 1 fully saturated rings. The molecule has 0 saturated heterocycles. The lowest BCUT2D eigenvalue weighted by molar-refractivity contribution is 0.543. The van der Waals surface area contributed by atoms with Crippen LogP contribution in [0.3, 0.4) is 0 Å². The summed E-state index contributed by atoms with van der Waals surface area (Å²) in [6.45, 7) is 0. The predicted molar refractivity (Wildman–Crippen MR) is 41.5 cm³/mol. The smallest absolute Gasteiger partial charge is 0.120 e. The number of rotatable bonds is 1. The van der Waals surface area contributed by atoms with Gasteiger partial charge in [0.2, 0.25) is 0 Å². The van der Waals surface area contributed by atoms with Gasteiger partial charge in [-0.15, -0.1) is 0 Å². The van der Waals surface area contributed by atoms with Gasteiger partial charge in [0.1, 0.15) is 5.94 Å². The van der Waals surface area contributed by atoms with Gasteiger partial charge in [-0.3, -0.25) is 0 Å². The zero-order chi connectivity index (χ0) is 7.23. The largest absolute Gasteiger partial charge is 0.234 e. The predicted octanol–water partition coefficient (Wildman–Crippen LogP) is 2.34. The Morgan fingerprint density at radius 3 is 2.20 bits per heavy atom. The summed E-state index contributed by atoms with van der Waals surface area (Å²) in [5.41, 5.74) is 0. The maximum absolute atomic E-state index is 10.0. The first-order valence-corrected chi connectivity index (χ1v) is 4.14. The van der Waals surface area contributed by atoms with Crippen LogP contribution >= 0.6 is 0 Å². The Morgan fingerprint density at radius 1 is 1.10 bits per heavy atom. The van der Waals surface area contributed by atoms with E-state index in [4.69, 9.17) is 0 Å². The summed E-state index contributed by atoms with van der Waals surface area (Å²) in [5, 5.41) is 0. The van der Waals surface area contributed by atoms with E-state index in [1.165, 1.54) is 38.5 Å². The molecule has 0 N–H and O–H groups in total. The van der Waals surface area contributed by atoms with E-state index in [0.717, 1.165) is 0 Å². The third-order valence-electron chi connectivity index (χ3n) is 2.20. The molecule has 0 atom stereocenters. The molecule has 1 aliphatic carbocycles. The van der Waals surface area contributed by atoms with Crippen molar-refractivity contribution in [1.82, 2.24) is 0 Å². The van der Waals surface area contributed by atoms with Gasteiger partial charge in [-0.25, -0.2) is 4.79 Å². The highest BCUT2D eigenvalue weighted by atomic mass is 16.1. The molecule has 0 amide bonds.